The second-order valence-electron chi connectivity index (χ2n) is 5.34. The standard InChI is InChI=1S/C14H24N4/c1-4-7-18(11-5-6-11)13-9-16-14(10(2)3)17-12(13)8-15/h9-11H,4-8,15H2,1-3H3. The second kappa shape index (κ2) is 5.65. The first-order valence-electron chi connectivity index (χ1n) is 6.99. The smallest absolute Gasteiger partial charge is 0.131 e. The van der Waals surface area contributed by atoms with Crippen molar-refractivity contribution in [1.82, 2.24) is 9.97 Å². The lowest BCUT2D eigenvalue weighted by atomic mass is 10.2. The van der Waals surface area contributed by atoms with E-state index in [2.05, 4.69) is 35.6 Å². The Labute approximate surface area is 110 Å². The van der Waals surface area contributed by atoms with Gasteiger partial charge in [-0.3, -0.25) is 0 Å². The van der Waals surface area contributed by atoms with Crippen molar-refractivity contribution in [3.8, 4) is 0 Å². The highest BCUT2D eigenvalue weighted by atomic mass is 15.2. The van der Waals surface area contributed by atoms with Gasteiger partial charge in [-0.25, -0.2) is 9.97 Å². The molecule has 18 heavy (non-hydrogen) atoms. The fourth-order valence-electron chi connectivity index (χ4n) is 2.22. The molecule has 1 saturated carbocycles. The molecule has 0 radical (unpaired) electrons. The van der Waals surface area contributed by atoms with E-state index in [4.69, 9.17) is 5.73 Å². The Morgan fingerprint density at radius 3 is 2.67 bits per heavy atom. The van der Waals surface area contributed by atoms with Gasteiger partial charge < -0.3 is 10.6 Å². The molecule has 4 nitrogen and oxygen atoms in total. The summed E-state index contributed by atoms with van der Waals surface area (Å²) in [5, 5.41) is 0. The van der Waals surface area contributed by atoms with Crippen LogP contribution in [0.2, 0.25) is 0 Å². The average Bonchev–Trinajstić information content (AvgIpc) is 3.19. The molecule has 0 aliphatic heterocycles. The Hall–Kier alpha value is -1.16. The predicted octanol–water partition coefficient (Wildman–Crippen LogP) is 2.44. The van der Waals surface area contributed by atoms with Crippen LogP contribution >= 0.6 is 0 Å². The number of nitrogens with two attached hydrogens (primary N) is 1. The lowest BCUT2D eigenvalue weighted by Gasteiger charge is -2.26. The Bertz CT molecular complexity index is 399. The molecule has 0 unspecified atom stereocenters. The zero-order valence-corrected chi connectivity index (χ0v) is 11.7. The summed E-state index contributed by atoms with van der Waals surface area (Å²) in [5.41, 5.74) is 8.00. The van der Waals surface area contributed by atoms with E-state index in [1.54, 1.807) is 0 Å². The van der Waals surface area contributed by atoms with Gasteiger partial charge in [0.25, 0.3) is 0 Å². The minimum absolute atomic E-state index is 0.352. The average molecular weight is 248 g/mol. The third-order valence-electron chi connectivity index (χ3n) is 3.34. The lowest BCUT2D eigenvalue weighted by molar-refractivity contribution is 0.721. The van der Waals surface area contributed by atoms with Crippen molar-refractivity contribution in [2.45, 2.75) is 58.5 Å². The van der Waals surface area contributed by atoms with Crippen LogP contribution in [0.5, 0.6) is 0 Å². The number of hydrogen-bond acceptors (Lipinski definition) is 4. The first-order valence-corrected chi connectivity index (χ1v) is 6.99. The highest BCUT2D eigenvalue weighted by Gasteiger charge is 2.30. The first kappa shape index (κ1) is 13.3. The summed E-state index contributed by atoms with van der Waals surface area (Å²) < 4.78 is 0. The maximum Gasteiger partial charge on any atom is 0.131 e. The number of aromatic nitrogens is 2. The Kier molecular flexibility index (Phi) is 4.17. The molecule has 1 fully saturated rings. The molecule has 0 saturated heterocycles. The van der Waals surface area contributed by atoms with Gasteiger partial charge in [0.05, 0.1) is 17.6 Å². The molecular formula is C14H24N4. The van der Waals surface area contributed by atoms with Crippen molar-refractivity contribution in [3.63, 3.8) is 0 Å². The quantitative estimate of drug-likeness (QED) is 0.840. The molecule has 100 valence electrons. The molecule has 0 atom stereocenters. The van der Waals surface area contributed by atoms with E-state index in [1.807, 2.05) is 6.20 Å². The normalized spacial score (nSPS) is 15.2. The van der Waals surface area contributed by atoms with Crippen LogP contribution in [0.3, 0.4) is 0 Å². The van der Waals surface area contributed by atoms with Crippen LogP contribution in [0.15, 0.2) is 6.20 Å². The van der Waals surface area contributed by atoms with E-state index in [0.717, 1.165) is 30.2 Å². The lowest BCUT2D eigenvalue weighted by Crippen LogP contribution is -2.29. The van der Waals surface area contributed by atoms with Crippen LogP contribution in [0, 0.1) is 0 Å². The van der Waals surface area contributed by atoms with Gasteiger partial charge in [-0.2, -0.15) is 0 Å². The Morgan fingerprint density at radius 2 is 2.17 bits per heavy atom. The number of hydrogen-bond donors (Lipinski definition) is 1. The van der Waals surface area contributed by atoms with Crippen molar-refractivity contribution < 1.29 is 0 Å². The van der Waals surface area contributed by atoms with Crippen molar-refractivity contribution >= 4 is 5.69 Å². The molecule has 2 N–H and O–H groups in total. The maximum absolute atomic E-state index is 5.86. The SMILES string of the molecule is CCCN(c1cnc(C(C)C)nc1CN)C1CC1. The summed E-state index contributed by atoms with van der Waals surface area (Å²) in [4.78, 5) is 11.6. The first-order chi connectivity index (χ1) is 8.67. The van der Waals surface area contributed by atoms with E-state index < -0.39 is 0 Å². The third-order valence-corrected chi connectivity index (χ3v) is 3.34. The van der Waals surface area contributed by atoms with E-state index >= 15 is 0 Å². The van der Waals surface area contributed by atoms with Gasteiger partial charge in [-0.15, -0.1) is 0 Å². The van der Waals surface area contributed by atoms with Gasteiger partial charge in [0.2, 0.25) is 0 Å². The summed E-state index contributed by atoms with van der Waals surface area (Å²) in [7, 11) is 0. The van der Waals surface area contributed by atoms with Crippen molar-refractivity contribution in [3.05, 3.63) is 17.7 Å². The molecule has 0 amide bonds. The van der Waals surface area contributed by atoms with Gasteiger partial charge in [0.1, 0.15) is 5.82 Å². The summed E-state index contributed by atoms with van der Waals surface area (Å²) in [6.45, 7) is 7.99. The van der Waals surface area contributed by atoms with Crippen LogP contribution in [0.1, 0.15) is 57.5 Å². The molecule has 1 aliphatic rings. The van der Waals surface area contributed by atoms with Crippen LogP contribution in [-0.2, 0) is 6.54 Å². The van der Waals surface area contributed by atoms with Gasteiger partial charge >= 0.3 is 0 Å². The fraction of sp³-hybridized carbons (Fsp3) is 0.714. The third kappa shape index (κ3) is 2.80. The molecule has 1 aromatic heterocycles. The number of rotatable bonds is 6. The molecule has 0 aromatic carbocycles. The molecule has 4 heteroatoms. The summed E-state index contributed by atoms with van der Waals surface area (Å²) in [6.07, 6.45) is 5.69. The zero-order chi connectivity index (χ0) is 13.1. The van der Waals surface area contributed by atoms with E-state index in [1.165, 1.54) is 12.8 Å². The Morgan fingerprint density at radius 1 is 1.44 bits per heavy atom. The molecule has 1 heterocycles. The van der Waals surface area contributed by atoms with Crippen molar-refractivity contribution in [1.29, 1.82) is 0 Å². The monoisotopic (exact) mass is 248 g/mol. The number of nitrogens with zero attached hydrogens (tertiary/aromatic N) is 3. The summed E-state index contributed by atoms with van der Waals surface area (Å²) in [5.74, 6) is 1.25. The Balaban J connectivity index is 2.30. The maximum atomic E-state index is 5.86. The van der Waals surface area contributed by atoms with Crippen LogP contribution < -0.4 is 10.6 Å². The topological polar surface area (TPSA) is 55.0 Å². The molecule has 1 aliphatic carbocycles. The zero-order valence-electron chi connectivity index (χ0n) is 11.7. The summed E-state index contributed by atoms with van der Waals surface area (Å²) in [6, 6.07) is 0.684. The van der Waals surface area contributed by atoms with Gasteiger partial charge in [0, 0.05) is 25.0 Å². The van der Waals surface area contributed by atoms with Crippen LogP contribution in [0.4, 0.5) is 5.69 Å². The second-order valence-corrected chi connectivity index (χ2v) is 5.34. The van der Waals surface area contributed by atoms with Gasteiger partial charge in [-0.05, 0) is 19.3 Å². The van der Waals surface area contributed by atoms with Crippen LogP contribution in [0.25, 0.3) is 0 Å². The van der Waals surface area contributed by atoms with E-state index in [-0.39, 0.29) is 0 Å². The minimum atomic E-state index is 0.352. The molecular weight excluding hydrogens is 224 g/mol. The minimum Gasteiger partial charge on any atom is -0.366 e. The predicted molar refractivity (Wildman–Crippen MR) is 74.7 cm³/mol. The van der Waals surface area contributed by atoms with Crippen molar-refractivity contribution in [2.75, 3.05) is 11.4 Å². The van der Waals surface area contributed by atoms with Gasteiger partial charge in [-0.1, -0.05) is 20.8 Å². The number of anilines is 1. The fourth-order valence-corrected chi connectivity index (χ4v) is 2.22. The molecule has 0 spiro atoms. The van der Waals surface area contributed by atoms with Crippen molar-refractivity contribution in [2.24, 2.45) is 5.73 Å². The van der Waals surface area contributed by atoms with Gasteiger partial charge in [0.15, 0.2) is 0 Å². The summed E-state index contributed by atoms with van der Waals surface area (Å²) >= 11 is 0. The highest BCUT2D eigenvalue weighted by Crippen LogP contribution is 2.33. The van der Waals surface area contributed by atoms with E-state index in [0.29, 0.717) is 18.5 Å². The largest absolute Gasteiger partial charge is 0.366 e. The van der Waals surface area contributed by atoms with Crippen LogP contribution in [-0.4, -0.2) is 22.6 Å². The van der Waals surface area contributed by atoms with E-state index in [9.17, 15) is 0 Å². The molecule has 2 rings (SSSR count). The molecule has 0 bridgehead atoms. The highest BCUT2D eigenvalue weighted by molar-refractivity contribution is 5.51. The molecule has 1 aromatic rings.